The van der Waals surface area contributed by atoms with E-state index >= 15 is 0 Å². The summed E-state index contributed by atoms with van der Waals surface area (Å²) in [5.41, 5.74) is 3.35. The number of esters is 1. The van der Waals surface area contributed by atoms with Crippen molar-refractivity contribution < 1.29 is 9.53 Å². The highest BCUT2D eigenvalue weighted by atomic mass is 32.1. The molecular formula is C22H26N4O2S. The molecule has 1 aliphatic heterocycles. The number of aryl methyl sites for hydroxylation is 3. The maximum absolute atomic E-state index is 12.1. The molecule has 0 amide bonds. The van der Waals surface area contributed by atoms with Crippen LogP contribution in [0.4, 0.5) is 11.5 Å². The molecular weight excluding hydrogens is 384 g/mol. The maximum Gasteiger partial charge on any atom is 0.348 e. The lowest BCUT2D eigenvalue weighted by atomic mass is 10.0. The van der Waals surface area contributed by atoms with E-state index in [-0.39, 0.29) is 5.97 Å². The average Bonchev–Trinajstić information content (AvgIpc) is 3.03. The number of nitrogens with zero attached hydrogens (tertiary/aromatic N) is 3. The minimum absolute atomic E-state index is 0.310. The molecule has 2 aromatic heterocycles. The van der Waals surface area contributed by atoms with Gasteiger partial charge in [0.1, 0.15) is 21.3 Å². The van der Waals surface area contributed by atoms with E-state index in [1.807, 2.05) is 13.8 Å². The van der Waals surface area contributed by atoms with Crippen molar-refractivity contribution >= 4 is 39.0 Å². The van der Waals surface area contributed by atoms with Crippen LogP contribution in [-0.2, 0) is 4.74 Å². The van der Waals surface area contributed by atoms with E-state index < -0.39 is 0 Å². The number of carbonyl (C=O) groups excluding carboxylic acids is 1. The van der Waals surface area contributed by atoms with E-state index in [1.54, 1.807) is 0 Å². The lowest BCUT2D eigenvalue weighted by Gasteiger charge is -2.34. The first-order valence-corrected chi connectivity index (χ1v) is 10.7. The van der Waals surface area contributed by atoms with Gasteiger partial charge in [-0.15, -0.1) is 11.3 Å². The zero-order chi connectivity index (χ0) is 20.5. The average molecular weight is 411 g/mol. The Morgan fingerprint density at radius 1 is 1.21 bits per heavy atom. The number of nitrogens with one attached hydrogen (secondary N) is 1. The van der Waals surface area contributed by atoms with E-state index in [0.717, 1.165) is 53.4 Å². The van der Waals surface area contributed by atoms with Crippen molar-refractivity contribution in [1.29, 1.82) is 0 Å². The fraction of sp³-hybridized carbons (Fsp3) is 0.409. The van der Waals surface area contributed by atoms with E-state index in [0.29, 0.717) is 10.9 Å². The van der Waals surface area contributed by atoms with Gasteiger partial charge in [0.25, 0.3) is 0 Å². The fourth-order valence-electron chi connectivity index (χ4n) is 3.94. The molecule has 0 atom stereocenters. The summed E-state index contributed by atoms with van der Waals surface area (Å²) >= 11 is 1.39. The van der Waals surface area contributed by atoms with Crippen LogP contribution in [0.1, 0.15) is 39.5 Å². The third-order valence-electron chi connectivity index (χ3n) is 5.44. The largest absolute Gasteiger partial charge is 0.465 e. The molecule has 1 N–H and O–H groups in total. The molecule has 1 aromatic carbocycles. The van der Waals surface area contributed by atoms with Crippen molar-refractivity contribution in [3.8, 4) is 0 Å². The van der Waals surface area contributed by atoms with Crippen LogP contribution < -0.4 is 10.2 Å². The van der Waals surface area contributed by atoms with Crippen LogP contribution >= 0.6 is 11.3 Å². The SMILES string of the molecule is COC(=O)c1sc2nc(C)nc(N3CCC(Nc4cccc(C)c4)CC3)c2c1C. The summed E-state index contributed by atoms with van der Waals surface area (Å²) in [6, 6.07) is 8.96. The first kappa shape index (κ1) is 19.6. The zero-order valence-electron chi connectivity index (χ0n) is 17.3. The predicted octanol–water partition coefficient (Wildman–Crippen LogP) is 4.48. The van der Waals surface area contributed by atoms with E-state index in [9.17, 15) is 4.79 Å². The van der Waals surface area contributed by atoms with Gasteiger partial charge in [0, 0.05) is 24.8 Å². The molecule has 1 aliphatic rings. The van der Waals surface area contributed by atoms with Crippen LogP contribution in [0.25, 0.3) is 10.2 Å². The minimum atomic E-state index is -0.310. The number of rotatable bonds is 4. The number of ether oxygens (including phenoxy) is 1. The van der Waals surface area contributed by atoms with Gasteiger partial charge in [-0.3, -0.25) is 0 Å². The van der Waals surface area contributed by atoms with Gasteiger partial charge in [0.2, 0.25) is 0 Å². The molecule has 0 spiro atoms. The van der Waals surface area contributed by atoms with Crippen LogP contribution in [0.2, 0.25) is 0 Å². The normalized spacial score (nSPS) is 15.0. The highest BCUT2D eigenvalue weighted by molar-refractivity contribution is 7.20. The summed E-state index contributed by atoms with van der Waals surface area (Å²) in [5, 5.41) is 4.64. The fourth-order valence-corrected chi connectivity index (χ4v) is 5.08. The number of piperidine rings is 1. The third-order valence-corrected chi connectivity index (χ3v) is 6.60. The third kappa shape index (κ3) is 3.92. The van der Waals surface area contributed by atoms with Crippen LogP contribution in [0.3, 0.4) is 0 Å². The Morgan fingerprint density at radius 2 is 1.97 bits per heavy atom. The molecule has 1 saturated heterocycles. The summed E-state index contributed by atoms with van der Waals surface area (Å²) in [6.07, 6.45) is 2.07. The monoisotopic (exact) mass is 410 g/mol. The summed E-state index contributed by atoms with van der Waals surface area (Å²) in [6.45, 7) is 7.80. The number of anilines is 2. The molecule has 0 unspecified atom stereocenters. The second-order valence-electron chi connectivity index (χ2n) is 7.60. The van der Waals surface area contributed by atoms with Gasteiger partial charge in [-0.2, -0.15) is 0 Å². The number of hydrogen-bond donors (Lipinski definition) is 1. The maximum atomic E-state index is 12.1. The summed E-state index contributed by atoms with van der Waals surface area (Å²) in [5.74, 6) is 1.35. The Balaban J connectivity index is 1.56. The summed E-state index contributed by atoms with van der Waals surface area (Å²) in [4.78, 5) is 25.2. The van der Waals surface area contributed by atoms with Gasteiger partial charge >= 0.3 is 5.97 Å². The lowest BCUT2D eigenvalue weighted by molar-refractivity contribution is 0.0605. The number of carbonyl (C=O) groups is 1. The molecule has 3 aromatic rings. The number of methoxy groups -OCH3 is 1. The Labute approximate surface area is 174 Å². The molecule has 0 bridgehead atoms. The van der Waals surface area contributed by atoms with E-state index in [4.69, 9.17) is 9.72 Å². The van der Waals surface area contributed by atoms with Gasteiger partial charge in [-0.25, -0.2) is 14.8 Å². The van der Waals surface area contributed by atoms with Crippen molar-refractivity contribution in [3.63, 3.8) is 0 Å². The van der Waals surface area contributed by atoms with Crippen LogP contribution in [-0.4, -0.2) is 42.2 Å². The molecule has 3 heterocycles. The Kier molecular flexibility index (Phi) is 5.41. The molecule has 0 radical (unpaired) electrons. The topological polar surface area (TPSA) is 67.3 Å². The second kappa shape index (κ2) is 7.99. The summed E-state index contributed by atoms with van der Waals surface area (Å²) in [7, 11) is 1.41. The van der Waals surface area contributed by atoms with E-state index in [2.05, 4.69) is 46.4 Å². The summed E-state index contributed by atoms with van der Waals surface area (Å²) < 4.78 is 4.94. The molecule has 6 nitrogen and oxygen atoms in total. The van der Waals surface area contributed by atoms with Gasteiger partial charge in [0.05, 0.1) is 12.5 Å². The molecule has 0 saturated carbocycles. The number of fused-ring (bicyclic) bond motifs is 1. The molecule has 4 rings (SSSR count). The molecule has 7 heteroatoms. The van der Waals surface area contributed by atoms with Crippen molar-refractivity contribution in [3.05, 3.63) is 46.1 Å². The van der Waals surface area contributed by atoms with Crippen molar-refractivity contribution in [2.45, 2.75) is 39.7 Å². The molecule has 152 valence electrons. The zero-order valence-corrected chi connectivity index (χ0v) is 18.1. The number of benzene rings is 1. The lowest BCUT2D eigenvalue weighted by Crippen LogP contribution is -2.39. The van der Waals surface area contributed by atoms with Gasteiger partial charge in [-0.05, 0) is 56.9 Å². The van der Waals surface area contributed by atoms with Crippen LogP contribution in [0, 0.1) is 20.8 Å². The van der Waals surface area contributed by atoms with Crippen molar-refractivity contribution in [2.24, 2.45) is 0 Å². The molecule has 1 fully saturated rings. The van der Waals surface area contributed by atoms with Crippen LogP contribution in [0.5, 0.6) is 0 Å². The molecule has 29 heavy (non-hydrogen) atoms. The quantitative estimate of drug-likeness (QED) is 0.640. The van der Waals surface area contributed by atoms with Crippen LogP contribution in [0.15, 0.2) is 24.3 Å². The predicted molar refractivity (Wildman–Crippen MR) is 118 cm³/mol. The Hall–Kier alpha value is -2.67. The standard InChI is InChI=1S/C22H26N4O2S/c1-13-6-5-7-17(12-13)25-16-8-10-26(11-9-16)20-18-14(2)19(22(27)28-4)29-21(18)24-15(3)23-20/h5-7,12,16,25H,8-11H2,1-4H3. The van der Waals surface area contributed by atoms with E-state index in [1.165, 1.54) is 29.7 Å². The molecule has 0 aliphatic carbocycles. The minimum Gasteiger partial charge on any atom is -0.465 e. The number of thiophene rings is 1. The second-order valence-corrected chi connectivity index (χ2v) is 8.60. The highest BCUT2D eigenvalue weighted by Crippen LogP contribution is 2.36. The number of hydrogen-bond acceptors (Lipinski definition) is 7. The smallest absolute Gasteiger partial charge is 0.348 e. The highest BCUT2D eigenvalue weighted by Gasteiger charge is 2.26. The van der Waals surface area contributed by atoms with Gasteiger partial charge in [-0.1, -0.05) is 12.1 Å². The first-order valence-electron chi connectivity index (χ1n) is 9.90. The first-order chi connectivity index (χ1) is 14.0. The van der Waals surface area contributed by atoms with Gasteiger partial charge in [0.15, 0.2) is 0 Å². The van der Waals surface area contributed by atoms with Gasteiger partial charge < -0.3 is 15.0 Å². The van der Waals surface area contributed by atoms with Crippen molar-refractivity contribution in [1.82, 2.24) is 9.97 Å². The Morgan fingerprint density at radius 3 is 2.66 bits per heavy atom. The Bertz CT molecular complexity index is 1050. The number of aromatic nitrogens is 2. The van der Waals surface area contributed by atoms with Crippen molar-refractivity contribution in [2.75, 3.05) is 30.4 Å².